The second-order valence-corrected chi connectivity index (χ2v) is 7.65. The monoisotopic (exact) mass is 415 g/mol. The average Bonchev–Trinajstić information content (AvgIpc) is 3.08. The highest BCUT2D eigenvalue weighted by Gasteiger charge is 2.22. The molecule has 1 amide bonds. The van der Waals surface area contributed by atoms with Gasteiger partial charge in [0.2, 0.25) is 0 Å². The fourth-order valence-electron chi connectivity index (χ4n) is 3.03. The van der Waals surface area contributed by atoms with E-state index in [1.54, 1.807) is 54.8 Å². The molecule has 0 bridgehead atoms. The van der Waals surface area contributed by atoms with E-state index < -0.39 is 0 Å². The van der Waals surface area contributed by atoms with Gasteiger partial charge in [-0.05, 0) is 30.0 Å². The summed E-state index contributed by atoms with van der Waals surface area (Å²) in [7, 11) is 5.23. The van der Waals surface area contributed by atoms with Gasteiger partial charge in [-0.25, -0.2) is 0 Å². The summed E-state index contributed by atoms with van der Waals surface area (Å²) in [5, 5.41) is 5.03. The Hall–Kier alpha value is -2.44. The van der Waals surface area contributed by atoms with E-state index in [0.29, 0.717) is 22.8 Å². The maximum Gasteiger partial charge on any atom is 0.257 e. The number of amides is 1. The molecule has 0 N–H and O–H groups in total. The number of hydrogen-bond donors (Lipinski definition) is 0. The maximum absolute atomic E-state index is 13.1. The number of aromatic nitrogens is 2. The lowest BCUT2D eigenvalue weighted by Crippen LogP contribution is -2.26. The van der Waals surface area contributed by atoms with E-state index in [1.165, 1.54) is 0 Å². The van der Waals surface area contributed by atoms with Crippen molar-refractivity contribution in [2.75, 3.05) is 20.4 Å². The van der Waals surface area contributed by atoms with Crippen molar-refractivity contribution < 1.29 is 9.53 Å². The Morgan fingerprint density at radius 2 is 2.04 bits per heavy atom. The number of halogens is 1. The fraction of sp³-hybridized carbons (Fsp3) is 0.238. The molecule has 3 aromatic rings. The summed E-state index contributed by atoms with van der Waals surface area (Å²) >= 11 is 7.95. The minimum atomic E-state index is -0.115. The summed E-state index contributed by atoms with van der Waals surface area (Å²) < 4.78 is 7.08. The van der Waals surface area contributed by atoms with Gasteiger partial charge in [0.1, 0.15) is 11.4 Å². The second-order valence-electron chi connectivity index (χ2n) is 6.40. The molecule has 0 unspecified atom stereocenters. The Labute approximate surface area is 174 Å². The van der Waals surface area contributed by atoms with Crippen LogP contribution < -0.4 is 4.74 Å². The Morgan fingerprint density at radius 3 is 2.71 bits per heavy atom. The van der Waals surface area contributed by atoms with Crippen LogP contribution in [0.25, 0.3) is 11.3 Å². The van der Waals surface area contributed by atoms with Crippen molar-refractivity contribution in [3.63, 3.8) is 0 Å². The Morgan fingerprint density at radius 1 is 1.29 bits per heavy atom. The molecule has 0 radical (unpaired) electrons. The standard InChI is InChI=1S/C21H22ClN3O2S/c1-24(12-14-9-10-19(28-4)18(11-14)27-3)21(26)16-13-25(2)23-20(16)15-7-5-6-8-17(15)22/h5-11,13H,12H2,1-4H3. The van der Waals surface area contributed by atoms with Gasteiger partial charge >= 0.3 is 0 Å². The molecule has 146 valence electrons. The van der Waals surface area contributed by atoms with Crippen LogP contribution in [0.1, 0.15) is 15.9 Å². The van der Waals surface area contributed by atoms with Gasteiger partial charge in [0, 0.05) is 37.3 Å². The Balaban J connectivity index is 1.88. The van der Waals surface area contributed by atoms with Crippen LogP contribution in [0.5, 0.6) is 5.75 Å². The van der Waals surface area contributed by atoms with Gasteiger partial charge in [-0.2, -0.15) is 5.10 Å². The molecule has 0 aliphatic carbocycles. The molecule has 0 aliphatic rings. The molecular formula is C21H22ClN3O2S. The predicted octanol–water partition coefficient (Wildman–Crippen LogP) is 4.74. The van der Waals surface area contributed by atoms with Crippen LogP contribution in [0.15, 0.2) is 53.6 Å². The van der Waals surface area contributed by atoms with Crippen LogP contribution in [0.4, 0.5) is 0 Å². The number of carbonyl (C=O) groups excluding carboxylic acids is 1. The highest BCUT2D eigenvalue weighted by molar-refractivity contribution is 7.98. The third-order valence-corrected chi connectivity index (χ3v) is 5.51. The molecule has 0 aliphatic heterocycles. The van der Waals surface area contributed by atoms with Crippen LogP contribution >= 0.6 is 23.4 Å². The van der Waals surface area contributed by atoms with Crippen molar-refractivity contribution in [1.29, 1.82) is 0 Å². The van der Waals surface area contributed by atoms with Crippen LogP contribution in [-0.4, -0.2) is 41.0 Å². The molecule has 5 nitrogen and oxygen atoms in total. The van der Waals surface area contributed by atoms with E-state index in [4.69, 9.17) is 16.3 Å². The molecule has 1 aromatic heterocycles. The smallest absolute Gasteiger partial charge is 0.257 e. The summed E-state index contributed by atoms with van der Waals surface area (Å²) in [6.07, 6.45) is 3.74. The predicted molar refractivity (Wildman–Crippen MR) is 114 cm³/mol. The largest absolute Gasteiger partial charge is 0.496 e. The fourth-order valence-corrected chi connectivity index (χ4v) is 3.80. The van der Waals surface area contributed by atoms with Gasteiger partial charge in [0.25, 0.3) is 5.91 Å². The molecule has 0 spiro atoms. The van der Waals surface area contributed by atoms with Crippen molar-refractivity contribution in [2.45, 2.75) is 11.4 Å². The highest BCUT2D eigenvalue weighted by Crippen LogP contribution is 2.31. The number of methoxy groups -OCH3 is 1. The number of thioether (sulfide) groups is 1. The van der Waals surface area contributed by atoms with Crippen LogP contribution in [-0.2, 0) is 13.6 Å². The molecular weight excluding hydrogens is 394 g/mol. The minimum absolute atomic E-state index is 0.115. The van der Waals surface area contributed by atoms with Crippen molar-refractivity contribution in [1.82, 2.24) is 14.7 Å². The van der Waals surface area contributed by atoms with Crippen molar-refractivity contribution >= 4 is 29.3 Å². The number of nitrogens with zero attached hydrogens (tertiary/aromatic N) is 3. The van der Waals surface area contributed by atoms with Gasteiger partial charge in [-0.3, -0.25) is 9.48 Å². The summed E-state index contributed by atoms with van der Waals surface area (Å²) in [4.78, 5) is 15.9. The number of benzene rings is 2. The van der Waals surface area contributed by atoms with Gasteiger partial charge in [-0.15, -0.1) is 11.8 Å². The lowest BCUT2D eigenvalue weighted by atomic mass is 10.1. The third kappa shape index (κ3) is 4.18. The number of ether oxygens (including phenoxy) is 1. The maximum atomic E-state index is 13.1. The molecule has 3 rings (SSSR count). The van der Waals surface area contributed by atoms with Gasteiger partial charge < -0.3 is 9.64 Å². The number of carbonyl (C=O) groups is 1. The molecule has 7 heteroatoms. The summed E-state index contributed by atoms with van der Waals surface area (Å²) in [5.41, 5.74) is 2.84. The molecule has 0 atom stereocenters. The average molecular weight is 416 g/mol. The quantitative estimate of drug-likeness (QED) is 0.545. The van der Waals surface area contributed by atoms with Crippen molar-refractivity contribution in [2.24, 2.45) is 7.05 Å². The minimum Gasteiger partial charge on any atom is -0.496 e. The lowest BCUT2D eigenvalue weighted by molar-refractivity contribution is 0.0785. The first-order valence-electron chi connectivity index (χ1n) is 8.69. The van der Waals surface area contributed by atoms with Gasteiger partial charge in [-0.1, -0.05) is 35.9 Å². The molecule has 0 fully saturated rings. The zero-order chi connectivity index (χ0) is 20.3. The number of aryl methyl sites for hydroxylation is 1. The van der Waals surface area contributed by atoms with Crippen molar-refractivity contribution in [3.05, 3.63) is 64.8 Å². The van der Waals surface area contributed by atoms with E-state index in [1.807, 2.05) is 42.7 Å². The third-order valence-electron chi connectivity index (χ3n) is 4.40. The normalized spacial score (nSPS) is 10.8. The van der Waals surface area contributed by atoms with Crippen LogP contribution in [0, 0.1) is 0 Å². The second kappa shape index (κ2) is 8.71. The van der Waals surface area contributed by atoms with E-state index in [-0.39, 0.29) is 5.91 Å². The lowest BCUT2D eigenvalue weighted by Gasteiger charge is -2.18. The number of hydrogen-bond acceptors (Lipinski definition) is 4. The van der Waals surface area contributed by atoms with Crippen molar-refractivity contribution in [3.8, 4) is 17.0 Å². The molecule has 0 saturated heterocycles. The first-order valence-corrected chi connectivity index (χ1v) is 10.3. The van der Waals surface area contributed by atoms with Gasteiger partial charge in [0.05, 0.1) is 17.7 Å². The summed E-state index contributed by atoms with van der Waals surface area (Å²) in [5.74, 6) is 0.694. The Kier molecular flexibility index (Phi) is 6.31. The van der Waals surface area contributed by atoms with E-state index in [2.05, 4.69) is 5.10 Å². The first-order chi connectivity index (χ1) is 13.4. The zero-order valence-electron chi connectivity index (χ0n) is 16.3. The molecule has 28 heavy (non-hydrogen) atoms. The summed E-state index contributed by atoms with van der Waals surface area (Å²) in [6, 6.07) is 13.4. The highest BCUT2D eigenvalue weighted by atomic mass is 35.5. The topological polar surface area (TPSA) is 47.4 Å². The zero-order valence-corrected chi connectivity index (χ0v) is 17.8. The first kappa shape index (κ1) is 20.3. The van der Waals surface area contributed by atoms with Crippen LogP contribution in [0.3, 0.4) is 0 Å². The van der Waals surface area contributed by atoms with Crippen LogP contribution in [0.2, 0.25) is 5.02 Å². The Bertz CT molecular complexity index is 1000. The molecule has 1 heterocycles. The molecule has 2 aromatic carbocycles. The SMILES string of the molecule is COc1cc(CN(C)C(=O)c2cn(C)nc2-c2ccccc2Cl)ccc1SC. The van der Waals surface area contributed by atoms with Gasteiger partial charge in [0.15, 0.2) is 0 Å². The summed E-state index contributed by atoms with van der Waals surface area (Å²) in [6.45, 7) is 0.459. The van der Waals surface area contributed by atoms with E-state index >= 15 is 0 Å². The molecule has 0 saturated carbocycles. The van der Waals surface area contributed by atoms with E-state index in [9.17, 15) is 4.79 Å². The number of rotatable bonds is 6. The van der Waals surface area contributed by atoms with E-state index in [0.717, 1.165) is 21.8 Å².